The molecule has 0 radical (unpaired) electrons. The maximum absolute atomic E-state index is 4.48. The monoisotopic (exact) mass is 298 g/mol. The Bertz CT molecular complexity index is 619. The Hall–Kier alpha value is -1.65. The molecule has 4 nitrogen and oxygen atoms in total. The summed E-state index contributed by atoms with van der Waals surface area (Å²) in [5.74, 6) is 1.16. The van der Waals surface area contributed by atoms with Gasteiger partial charge in [-0.1, -0.05) is 24.3 Å². The Morgan fingerprint density at radius 2 is 2.05 bits per heavy atom. The zero-order valence-electron chi connectivity index (χ0n) is 13.9. The number of aromatic nitrogens is 2. The molecule has 0 unspecified atom stereocenters. The number of aryl methyl sites for hydroxylation is 1. The van der Waals surface area contributed by atoms with Gasteiger partial charge in [-0.3, -0.25) is 9.80 Å². The van der Waals surface area contributed by atoms with Gasteiger partial charge < -0.3 is 4.57 Å². The van der Waals surface area contributed by atoms with Crippen molar-refractivity contribution in [2.75, 3.05) is 20.6 Å². The zero-order valence-corrected chi connectivity index (χ0v) is 13.9. The van der Waals surface area contributed by atoms with Crippen LogP contribution < -0.4 is 0 Å². The molecule has 0 spiro atoms. The Morgan fingerprint density at radius 3 is 2.82 bits per heavy atom. The van der Waals surface area contributed by atoms with E-state index in [0.29, 0.717) is 6.04 Å². The lowest BCUT2D eigenvalue weighted by molar-refractivity contribution is 0.156. The van der Waals surface area contributed by atoms with E-state index in [1.807, 2.05) is 6.20 Å². The number of fused-ring (bicyclic) bond motifs is 1. The first-order chi connectivity index (χ1) is 10.7. The van der Waals surface area contributed by atoms with Crippen LogP contribution in [0.2, 0.25) is 0 Å². The predicted octanol–water partition coefficient (Wildman–Crippen LogP) is 2.39. The Morgan fingerprint density at radius 1 is 1.27 bits per heavy atom. The lowest BCUT2D eigenvalue weighted by Crippen LogP contribution is -2.44. The largest absolute Gasteiger partial charge is 0.334 e. The van der Waals surface area contributed by atoms with E-state index in [9.17, 15) is 0 Å². The van der Waals surface area contributed by atoms with E-state index in [1.165, 1.54) is 11.1 Å². The van der Waals surface area contributed by atoms with Crippen molar-refractivity contribution in [3.05, 3.63) is 53.6 Å². The van der Waals surface area contributed by atoms with Gasteiger partial charge in [-0.15, -0.1) is 0 Å². The molecule has 3 rings (SSSR count). The summed E-state index contributed by atoms with van der Waals surface area (Å²) in [6, 6.07) is 9.40. The summed E-state index contributed by atoms with van der Waals surface area (Å²) in [5.41, 5.74) is 2.99. The normalized spacial score (nSPS) is 18.6. The lowest BCUT2D eigenvalue weighted by atomic mass is 9.94. The number of hydrogen-bond acceptors (Lipinski definition) is 3. The molecule has 2 heterocycles. The maximum atomic E-state index is 4.48. The molecule has 0 fully saturated rings. The molecule has 1 atom stereocenters. The minimum Gasteiger partial charge on any atom is -0.334 e. The van der Waals surface area contributed by atoms with Gasteiger partial charge in [0, 0.05) is 38.1 Å². The minimum atomic E-state index is 0.574. The van der Waals surface area contributed by atoms with Crippen molar-refractivity contribution < 1.29 is 0 Å². The highest BCUT2D eigenvalue weighted by atomic mass is 15.2. The lowest BCUT2D eigenvalue weighted by Gasteiger charge is -2.36. The van der Waals surface area contributed by atoms with Crippen molar-refractivity contribution >= 4 is 0 Å². The quantitative estimate of drug-likeness (QED) is 0.847. The van der Waals surface area contributed by atoms with E-state index < -0.39 is 0 Å². The molecule has 1 aliphatic rings. The molecular formula is C18H26N4. The summed E-state index contributed by atoms with van der Waals surface area (Å²) in [5, 5.41) is 0. The average Bonchev–Trinajstić information content (AvgIpc) is 2.95. The fourth-order valence-corrected chi connectivity index (χ4v) is 3.37. The Kier molecular flexibility index (Phi) is 4.60. The molecule has 4 heteroatoms. The van der Waals surface area contributed by atoms with Gasteiger partial charge in [-0.05, 0) is 38.6 Å². The highest BCUT2D eigenvalue weighted by Gasteiger charge is 2.24. The summed E-state index contributed by atoms with van der Waals surface area (Å²) < 4.78 is 2.22. The van der Waals surface area contributed by atoms with Crippen LogP contribution in [0.15, 0.2) is 36.7 Å². The molecule has 1 aliphatic heterocycles. The van der Waals surface area contributed by atoms with Crippen molar-refractivity contribution in [1.82, 2.24) is 19.4 Å². The average molecular weight is 298 g/mol. The Balaban J connectivity index is 1.63. The number of benzene rings is 1. The molecule has 22 heavy (non-hydrogen) atoms. The number of imidazole rings is 1. The first-order valence-corrected chi connectivity index (χ1v) is 8.13. The highest BCUT2D eigenvalue weighted by Crippen LogP contribution is 2.22. The third-order valence-corrected chi connectivity index (χ3v) is 4.69. The van der Waals surface area contributed by atoms with Gasteiger partial charge in [-0.2, -0.15) is 0 Å². The number of likely N-dealkylation sites (N-methyl/N-ethyl adjacent to an activating group) is 2. The first kappa shape index (κ1) is 15.3. The summed E-state index contributed by atoms with van der Waals surface area (Å²) in [6.45, 7) is 6.18. The van der Waals surface area contributed by atoms with Crippen LogP contribution in [0, 0.1) is 0 Å². The fourth-order valence-electron chi connectivity index (χ4n) is 3.37. The number of rotatable bonds is 5. The zero-order chi connectivity index (χ0) is 15.5. The Labute approximate surface area is 133 Å². The molecule has 0 aliphatic carbocycles. The SMILES string of the molecule is CCn1ccnc1CN(C)C[C@H]1Cc2ccccc2CN1C. The van der Waals surface area contributed by atoms with Gasteiger partial charge in [0.15, 0.2) is 0 Å². The topological polar surface area (TPSA) is 24.3 Å². The standard InChI is InChI=1S/C18H26N4/c1-4-22-10-9-19-18(22)14-20(2)13-17-11-15-7-5-6-8-16(15)12-21(17)3/h5-10,17H,4,11-14H2,1-3H3/t17-/m1/s1. The molecule has 2 aromatic rings. The van der Waals surface area contributed by atoms with E-state index in [4.69, 9.17) is 0 Å². The highest BCUT2D eigenvalue weighted by molar-refractivity contribution is 5.30. The van der Waals surface area contributed by atoms with E-state index >= 15 is 0 Å². The van der Waals surface area contributed by atoms with Gasteiger partial charge >= 0.3 is 0 Å². The van der Waals surface area contributed by atoms with Gasteiger partial charge in [-0.25, -0.2) is 4.98 Å². The van der Waals surface area contributed by atoms with Crippen molar-refractivity contribution in [2.45, 2.75) is 39.0 Å². The van der Waals surface area contributed by atoms with Crippen LogP contribution in [0.3, 0.4) is 0 Å². The van der Waals surface area contributed by atoms with Crippen LogP contribution in [-0.2, 0) is 26.1 Å². The molecule has 0 bridgehead atoms. The summed E-state index contributed by atoms with van der Waals surface area (Å²) in [7, 11) is 4.43. The van der Waals surface area contributed by atoms with Crippen LogP contribution >= 0.6 is 0 Å². The molecule has 1 aromatic heterocycles. The summed E-state index contributed by atoms with van der Waals surface area (Å²) >= 11 is 0. The second-order valence-electron chi connectivity index (χ2n) is 6.37. The molecule has 1 aromatic carbocycles. The minimum absolute atomic E-state index is 0.574. The number of nitrogens with zero attached hydrogens (tertiary/aromatic N) is 4. The maximum Gasteiger partial charge on any atom is 0.122 e. The van der Waals surface area contributed by atoms with Gasteiger partial charge in [0.2, 0.25) is 0 Å². The smallest absolute Gasteiger partial charge is 0.122 e. The van der Waals surface area contributed by atoms with Gasteiger partial charge in [0.05, 0.1) is 6.54 Å². The summed E-state index contributed by atoms with van der Waals surface area (Å²) in [6.07, 6.45) is 5.10. The summed E-state index contributed by atoms with van der Waals surface area (Å²) in [4.78, 5) is 9.35. The van der Waals surface area contributed by atoms with Crippen molar-refractivity contribution in [1.29, 1.82) is 0 Å². The van der Waals surface area contributed by atoms with Crippen LogP contribution in [0.25, 0.3) is 0 Å². The van der Waals surface area contributed by atoms with Crippen LogP contribution in [0.4, 0.5) is 0 Å². The van der Waals surface area contributed by atoms with Crippen LogP contribution in [-0.4, -0.2) is 46.0 Å². The number of hydrogen-bond donors (Lipinski definition) is 0. The molecule has 118 valence electrons. The second-order valence-corrected chi connectivity index (χ2v) is 6.37. The molecule has 0 saturated carbocycles. The van der Waals surface area contributed by atoms with Crippen LogP contribution in [0.5, 0.6) is 0 Å². The molecule has 0 amide bonds. The van der Waals surface area contributed by atoms with Crippen molar-refractivity contribution in [3.8, 4) is 0 Å². The third kappa shape index (κ3) is 3.23. The molecule has 0 saturated heterocycles. The van der Waals surface area contributed by atoms with E-state index in [0.717, 1.165) is 38.4 Å². The van der Waals surface area contributed by atoms with E-state index in [1.54, 1.807) is 0 Å². The van der Waals surface area contributed by atoms with E-state index in [2.05, 4.69) is 70.8 Å². The molecular weight excluding hydrogens is 272 g/mol. The third-order valence-electron chi connectivity index (χ3n) is 4.69. The van der Waals surface area contributed by atoms with Crippen LogP contribution in [0.1, 0.15) is 23.9 Å². The van der Waals surface area contributed by atoms with Crippen molar-refractivity contribution in [2.24, 2.45) is 0 Å². The van der Waals surface area contributed by atoms with Crippen molar-refractivity contribution in [3.63, 3.8) is 0 Å². The second kappa shape index (κ2) is 6.63. The molecule has 0 N–H and O–H groups in total. The first-order valence-electron chi connectivity index (χ1n) is 8.13. The fraction of sp³-hybridized carbons (Fsp3) is 0.500. The van der Waals surface area contributed by atoms with Gasteiger partial charge in [0.1, 0.15) is 5.82 Å². The van der Waals surface area contributed by atoms with E-state index in [-0.39, 0.29) is 0 Å². The van der Waals surface area contributed by atoms with Gasteiger partial charge in [0.25, 0.3) is 0 Å². The predicted molar refractivity (Wildman–Crippen MR) is 89.6 cm³/mol.